The third-order valence-corrected chi connectivity index (χ3v) is 5.61. The van der Waals surface area contributed by atoms with Gasteiger partial charge in [-0.05, 0) is 43.6 Å². The van der Waals surface area contributed by atoms with Crippen molar-refractivity contribution in [1.82, 2.24) is 20.4 Å². The molecule has 0 aromatic heterocycles. The highest BCUT2D eigenvalue weighted by Crippen LogP contribution is 2.46. The Balaban J connectivity index is 0.00000243. The topological polar surface area (TPSA) is 81.8 Å². The van der Waals surface area contributed by atoms with E-state index in [0.717, 1.165) is 30.8 Å². The lowest BCUT2D eigenvalue weighted by atomic mass is 9.64. The molecule has 7 nitrogen and oxygen atoms in total. The second-order valence-corrected chi connectivity index (χ2v) is 8.74. The highest BCUT2D eigenvalue weighted by Gasteiger charge is 2.56. The number of amides is 4. The maximum absolute atomic E-state index is 13.1. The van der Waals surface area contributed by atoms with Crippen LogP contribution in [-0.2, 0) is 9.59 Å². The quantitative estimate of drug-likeness (QED) is 0.702. The number of carbonyl (C=O) groups is 3. The maximum Gasteiger partial charge on any atom is 0.325 e. The van der Waals surface area contributed by atoms with Crippen LogP contribution in [0.1, 0.15) is 46.5 Å². The van der Waals surface area contributed by atoms with Gasteiger partial charge in [-0.1, -0.05) is 20.8 Å². The number of rotatable bonds is 2. The number of halogens is 1. The smallest absolute Gasteiger partial charge is 0.325 e. The average Bonchev–Trinajstić information content (AvgIpc) is 2.72. The Morgan fingerprint density at radius 3 is 2.62 bits per heavy atom. The Kier molecular flexibility index (Phi) is 6.23. The lowest BCUT2D eigenvalue weighted by Crippen LogP contribution is -2.54. The van der Waals surface area contributed by atoms with E-state index in [0.29, 0.717) is 31.8 Å². The standard InChI is InChI=1S/C18H30N4O3.ClH/c1-13-9-17(2,3)12-18(10-13)15(24)22(16(25)20-18)11-14(23)21-7-4-5-19-6-8-21;/h13,19H,4-12H2,1-3H3,(H,20,25);1H. The molecule has 3 aliphatic rings. The minimum atomic E-state index is -0.834. The van der Waals surface area contributed by atoms with Gasteiger partial charge in [0.1, 0.15) is 12.1 Å². The fourth-order valence-corrected chi connectivity index (χ4v) is 4.98. The molecule has 8 heteroatoms. The number of carbonyl (C=O) groups excluding carboxylic acids is 3. The second-order valence-electron chi connectivity index (χ2n) is 8.74. The predicted octanol–water partition coefficient (Wildman–Crippen LogP) is 1.37. The van der Waals surface area contributed by atoms with Gasteiger partial charge in [-0.2, -0.15) is 0 Å². The van der Waals surface area contributed by atoms with E-state index < -0.39 is 11.6 Å². The van der Waals surface area contributed by atoms with E-state index in [1.807, 2.05) is 0 Å². The number of imide groups is 1. The van der Waals surface area contributed by atoms with Crippen LogP contribution in [0.4, 0.5) is 4.79 Å². The van der Waals surface area contributed by atoms with Gasteiger partial charge in [-0.3, -0.25) is 14.5 Å². The molecule has 2 heterocycles. The molecule has 2 N–H and O–H groups in total. The van der Waals surface area contributed by atoms with E-state index in [4.69, 9.17) is 0 Å². The van der Waals surface area contributed by atoms with E-state index in [1.54, 1.807) is 4.90 Å². The summed E-state index contributed by atoms with van der Waals surface area (Å²) in [5.74, 6) is -0.00822. The van der Waals surface area contributed by atoms with Crippen LogP contribution in [0.5, 0.6) is 0 Å². The summed E-state index contributed by atoms with van der Waals surface area (Å²) in [7, 11) is 0. The monoisotopic (exact) mass is 386 g/mol. The molecule has 4 amide bonds. The molecule has 2 atom stereocenters. The van der Waals surface area contributed by atoms with Gasteiger partial charge in [0, 0.05) is 19.6 Å². The third kappa shape index (κ3) is 4.14. The normalized spacial score (nSPS) is 31.4. The molecule has 0 bridgehead atoms. The summed E-state index contributed by atoms with van der Waals surface area (Å²) in [4.78, 5) is 41.0. The lowest BCUT2D eigenvalue weighted by Gasteiger charge is -2.43. The van der Waals surface area contributed by atoms with Gasteiger partial charge in [-0.15, -0.1) is 12.4 Å². The highest BCUT2D eigenvalue weighted by atomic mass is 35.5. The molecule has 1 aliphatic carbocycles. The summed E-state index contributed by atoms with van der Waals surface area (Å²) in [5.41, 5.74) is -0.837. The lowest BCUT2D eigenvalue weighted by molar-refractivity contribution is -0.140. The van der Waals surface area contributed by atoms with Gasteiger partial charge in [0.25, 0.3) is 5.91 Å². The van der Waals surface area contributed by atoms with Crippen molar-refractivity contribution < 1.29 is 14.4 Å². The average molecular weight is 387 g/mol. The molecule has 0 aromatic carbocycles. The Bertz CT molecular complexity index is 575. The summed E-state index contributed by atoms with van der Waals surface area (Å²) < 4.78 is 0. The number of nitrogens with one attached hydrogen (secondary N) is 2. The molecular weight excluding hydrogens is 356 g/mol. The summed E-state index contributed by atoms with van der Waals surface area (Å²) in [6.45, 7) is 9.19. The SMILES string of the molecule is CC1CC(C)(C)CC2(C1)NC(=O)N(CC(=O)N1CCCNCC1)C2=O.Cl. The molecule has 148 valence electrons. The van der Waals surface area contributed by atoms with Crippen LogP contribution < -0.4 is 10.6 Å². The first-order valence-electron chi connectivity index (χ1n) is 9.35. The van der Waals surface area contributed by atoms with Crippen LogP contribution in [0.15, 0.2) is 0 Å². The van der Waals surface area contributed by atoms with Crippen LogP contribution in [0, 0.1) is 11.3 Å². The van der Waals surface area contributed by atoms with Crippen molar-refractivity contribution in [3.63, 3.8) is 0 Å². The van der Waals surface area contributed by atoms with Crippen molar-refractivity contribution in [1.29, 1.82) is 0 Å². The fourth-order valence-electron chi connectivity index (χ4n) is 4.98. The molecule has 2 aliphatic heterocycles. The Hall–Kier alpha value is -1.34. The fraction of sp³-hybridized carbons (Fsp3) is 0.833. The van der Waals surface area contributed by atoms with Crippen LogP contribution in [0.25, 0.3) is 0 Å². The molecule has 0 radical (unpaired) electrons. The highest BCUT2D eigenvalue weighted by molar-refractivity contribution is 6.09. The minimum Gasteiger partial charge on any atom is -0.340 e. The van der Waals surface area contributed by atoms with Gasteiger partial charge >= 0.3 is 6.03 Å². The second kappa shape index (κ2) is 7.72. The van der Waals surface area contributed by atoms with Crippen LogP contribution >= 0.6 is 12.4 Å². The van der Waals surface area contributed by atoms with Crippen molar-refractivity contribution in [2.45, 2.75) is 52.0 Å². The minimum absolute atomic E-state index is 0. The van der Waals surface area contributed by atoms with Crippen molar-refractivity contribution >= 4 is 30.3 Å². The Morgan fingerprint density at radius 1 is 1.19 bits per heavy atom. The first-order chi connectivity index (χ1) is 11.7. The summed E-state index contributed by atoms with van der Waals surface area (Å²) in [5, 5.41) is 6.18. The predicted molar refractivity (Wildman–Crippen MR) is 101 cm³/mol. The Labute approximate surface area is 161 Å². The molecule has 1 saturated carbocycles. The van der Waals surface area contributed by atoms with Crippen LogP contribution in [-0.4, -0.2) is 65.9 Å². The number of hydrogen-bond acceptors (Lipinski definition) is 4. The zero-order valence-corrected chi connectivity index (χ0v) is 16.8. The van der Waals surface area contributed by atoms with E-state index in [2.05, 4.69) is 31.4 Å². The van der Waals surface area contributed by atoms with Gasteiger partial charge in [0.2, 0.25) is 5.91 Å². The van der Waals surface area contributed by atoms with E-state index >= 15 is 0 Å². The first-order valence-corrected chi connectivity index (χ1v) is 9.35. The number of nitrogens with zero attached hydrogens (tertiary/aromatic N) is 2. The number of urea groups is 1. The summed E-state index contributed by atoms with van der Waals surface area (Å²) >= 11 is 0. The van der Waals surface area contributed by atoms with Crippen molar-refractivity contribution in [3.8, 4) is 0 Å². The van der Waals surface area contributed by atoms with Crippen molar-refractivity contribution in [3.05, 3.63) is 0 Å². The van der Waals surface area contributed by atoms with Gasteiger partial charge < -0.3 is 15.5 Å². The van der Waals surface area contributed by atoms with E-state index in [-0.39, 0.29) is 36.2 Å². The molecule has 2 saturated heterocycles. The third-order valence-electron chi connectivity index (χ3n) is 5.61. The molecule has 2 unspecified atom stereocenters. The maximum atomic E-state index is 13.1. The van der Waals surface area contributed by atoms with Crippen molar-refractivity contribution in [2.24, 2.45) is 11.3 Å². The molecular formula is C18H31ClN4O3. The Morgan fingerprint density at radius 2 is 1.92 bits per heavy atom. The van der Waals surface area contributed by atoms with E-state index in [1.165, 1.54) is 0 Å². The van der Waals surface area contributed by atoms with E-state index in [9.17, 15) is 14.4 Å². The zero-order chi connectivity index (χ0) is 18.2. The number of hydrogen-bond donors (Lipinski definition) is 2. The molecule has 1 spiro atoms. The van der Waals surface area contributed by atoms with Crippen LogP contribution in [0.2, 0.25) is 0 Å². The largest absolute Gasteiger partial charge is 0.340 e. The molecule has 0 aromatic rings. The molecule has 3 fully saturated rings. The molecule has 3 rings (SSSR count). The first kappa shape index (κ1) is 21.0. The van der Waals surface area contributed by atoms with Crippen LogP contribution in [0.3, 0.4) is 0 Å². The zero-order valence-electron chi connectivity index (χ0n) is 16.0. The van der Waals surface area contributed by atoms with Gasteiger partial charge in [-0.25, -0.2) is 4.79 Å². The van der Waals surface area contributed by atoms with Gasteiger partial charge in [0.05, 0.1) is 0 Å². The summed E-state index contributed by atoms with van der Waals surface area (Å²) in [6, 6.07) is -0.420. The molecule has 26 heavy (non-hydrogen) atoms. The summed E-state index contributed by atoms with van der Waals surface area (Å²) in [6.07, 6.45) is 3.21. The van der Waals surface area contributed by atoms with Crippen molar-refractivity contribution in [2.75, 3.05) is 32.7 Å². The van der Waals surface area contributed by atoms with Gasteiger partial charge in [0.15, 0.2) is 0 Å².